The van der Waals surface area contributed by atoms with Crippen LogP contribution in [0.3, 0.4) is 0 Å². The normalized spacial score (nSPS) is 14.4. The lowest BCUT2D eigenvalue weighted by Crippen LogP contribution is -2.31. The maximum atomic E-state index is 14.7. The zero-order valence-electron chi connectivity index (χ0n) is 22.4. The fourth-order valence-corrected chi connectivity index (χ4v) is 5.44. The Labute approximate surface area is 246 Å². The van der Waals surface area contributed by atoms with Gasteiger partial charge in [-0.15, -0.1) is 0 Å². The topological polar surface area (TPSA) is 109 Å². The third-order valence-electron chi connectivity index (χ3n) is 6.27. The monoisotopic (exact) mass is 613 g/mol. The number of nitrogens with zero attached hydrogens (tertiary/aromatic N) is 3. The predicted octanol–water partition coefficient (Wildman–Crippen LogP) is 4.96. The summed E-state index contributed by atoms with van der Waals surface area (Å²) in [6.45, 7) is -0.00999. The third-order valence-corrected chi connectivity index (χ3v) is 7.49. The summed E-state index contributed by atoms with van der Waals surface area (Å²) in [7, 11) is 1.35. The van der Waals surface area contributed by atoms with Crippen molar-refractivity contribution in [3.63, 3.8) is 0 Å². The van der Waals surface area contributed by atoms with Crippen molar-refractivity contribution in [3.8, 4) is 11.5 Å². The molecule has 9 nitrogen and oxygen atoms in total. The molecule has 1 aromatic heterocycles. The van der Waals surface area contributed by atoms with Gasteiger partial charge in [-0.1, -0.05) is 23.9 Å². The molecule has 14 heteroatoms. The molecule has 5 rings (SSSR count). The van der Waals surface area contributed by atoms with Crippen LogP contribution < -0.4 is 14.8 Å². The molecule has 3 aromatic carbocycles. The summed E-state index contributed by atoms with van der Waals surface area (Å²) in [6, 6.07) is 10.8. The molecule has 0 bridgehead atoms. The standard InChI is InChI=1S/C29H23F4N5O4S/c1-41-26-20(3-2-4-23(26)42-14-24(39)35-10-9-19-13-34-15-36-19)29-38(28(40)25-21(32)11-18(31)12-22(25)33)37-27(43-29)16-5-7-17(30)8-6-16/h2-8,11-13,15,29H,9-10,14H2,1H3,(H,34,36)(H,35,39). The zero-order valence-corrected chi connectivity index (χ0v) is 23.3. The summed E-state index contributed by atoms with van der Waals surface area (Å²) in [5, 5.41) is 7.07. The lowest BCUT2D eigenvalue weighted by molar-refractivity contribution is -0.123. The molecule has 2 amide bonds. The molecule has 2 N–H and O–H groups in total. The summed E-state index contributed by atoms with van der Waals surface area (Å²) in [6.07, 6.45) is 3.73. The fourth-order valence-electron chi connectivity index (χ4n) is 4.27. The highest BCUT2D eigenvalue weighted by Crippen LogP contribution is 2.47. The summed E-state index contributed by atoms with van der Waals surface area (Å²) in [5.74, 6) is -5.78. The lowest BCUT2D eigenvalue weighted by Gasteiger charge is -2.24. The Morgan fingerprint density at radius 1 is 1.05 bits per heavy atom. The quantitative estimate of drug-likeness (QED) is 0.245. The van der Waals surface area contributed by atoms with Crippen molar-refractivity contribution >= 4 is 28.6 Å². The van der Waals surface area contributed by atoms with Crippen LogP contribution in [0.25, 0.3) is 0 Å². The average molecular weight is 614 g/mol. The van der Waals surface area contributed by atoms with Crippen LogP contribution >= 0.6 is 11.8 Å². The Balaban J connectivity index is 1.42. The Morgan fingerprint density at radius 2 is 1.79 bits per heavy atom. The number of amides is 2. The first-order valence-corrected chi connectivity index (χ1v) is 13.7. The van der Waals surface area contributed by atoms with E-state index < -0.39 is 46.0 Å². The predicted molar refractivity (Wildman–Crippen MR) is 150 cm³/mol. The number of halogens is 4. The highest BCUT2D eigenvalue weighted by molar-refractivity contribution is 8.14. The van der Waals surface area contributed by atoms with Gasteiger partial charge in [0.15, 0.2) is 18.1 Å². The second kappa shape index (κ2) is 13.0. The van der Waals surface area contributed by atoms with Gasteiger partial charge in [0.1, 0.15) is 39.2 Å². The smallest absolute Gasteiger partial charge is 0.281 e. The molecular weight excluding hydrogens is 590 g/mol. The number of hydrogen-bond acceptors (Lipinski definition) is 7. The first-order chi connectivity index (χ1) is 20.7. The van der Waals surface area contributed by atoms with Gasteiger partial charge in [0, 0.05) is 48.1 Å². The molecular formula is C29H23F4N5O4S. The number of carbonyl (C=O) groups excluding carboxylic acids is 2. The molecule has 4 aromatic rings. The number of ether oxygens (including phenoxy) is 2. The van der Waals surface area contributed by atoms with Crippen molar-refractivity contribution < 1.29 is 36.6 Å². The number of aromatic amines is 1. The van der Waals surface area contributed by atoms with E-state index in [4.69, 9.17) is 9.47 Å². The van der Waals surface area contributed by atoms with Crippen LogP contribution in [0, 0.1) is 23.3 Å². The number of aromatic nitrogens is 2. The molecule has 1 unspecified atom stereocenters. The zero-order chi connectivity index (χ0) is 30.5. The molecule has 222 valence electrons. The van der Waals surface area contributed by atoms with Gasteiger partial charge < -0.3 is 19.8 Å². The van der Waals surface area contributed by atoms with Crippen molar-refractivity contribution in [2.24, 2.45) is 5.10 Å². The molecule has 0 saturated heterocycles. The molecule has 1 atom stereocenters. The minimum absolute atomic E-state index is 0.138. The molecule has 1 aliphatic rings. The van der Waals surface area contributed by atoms with E-state index in [-0.39, 0.29) is 23.1 Å². The fraction of sp³-hybridized carbons (Fsp3) is 0.172. The van der Waals surface area contributed by atoms with E-state index in [2.05, 4.69) is 20.4 Å². The number of nitrogens with one attached hydrogen (secondary N) is 2. The van der Waals surface area contributed by atoms with Gasteiger partial charge in [-0.05, 0) is 30.3 Å². The molecule has 0 radical (unpaired) electrons. The minimum atomic E-state index is -1.40. The van der Waals surface area contributed by atoms with Gasteiger partial charge in [0.2, 0.25) is 0 Å². The van der Waals surface area contributed by atoms with E-state index in [1.54, 1.807) is 24.4 Å². The maximum Gasteiger partial charge on any atom is 0.281 e. The van der Waals surface area contributed by atoms with Gasteiger partial charge >= 0.3 is 0 Å². The highest BCUT2D eigenvalue weighted by atomic mass is 32.2. The number of thioether (sulfide) groups is 1. The van der Waals surface area contributed by atoms with E-state index in [1.165, 1.54) is 37.7 Å². The minimum Gasteiger partial charge on any atom is -0.492 e. The van der Waals surface area contributed by atoms with Gasteiger partial charge in [0.25, 0.3) is 11.8 Å². The van der Waals surface area contributed by atoms with Crippen LogP contribution in [-0.2, 0) is 11.2 Å². The van der Waals surface area contributed by atoms with E-state index in [0.29, 0.717) is 36.2 Å². The number of para-hydroxylation sites is 1. The largest absolute Gasteiger partial charge is 0.492 e. The summed E-state index contributed by atoms with van der Waals surface area (Å²) in [4.78, 5) is 32.8. The first kappa shape index (κ1) is 29.6. The van der Waals surface area contributed by atoms with Gasteiger partial charge in [0.05, 0.1) is 13.4 Å². The molecule has 0 saturated carbocycles. The van der Waals surface area contributed by atoms with E-state index >= 15 is 0 Å². The van der Waals surface area contributed by atoms with Gasteiger partial charge in [-0.3, -0.25) is 9.59 Å². The van der Waals surface area contributed by atoms with Gasteiger partial charge in [-0.2, -0.15) is 5.10 Å². The van der Waals surface area contributed by atoms with Crippen molar-refractivity contribution in [2.75, 3.05) is 20.3 Å². The average Bonchev–Trinajstić information content (AvgIpc) is 3.66. The van der Waals surface area contributed by atoms with Gasteiger partial charge in [-0.25, -0.2) is 27.6 Å². The number of benzene rings is 3. The van der Waals surface area contributed by atoms with Crippen LogP contribution in [-0.4, -0.2) is 52.1 Å². The van der Waals surface area contributed by atoms with Crippen LogP contribution in [0.2, 0.25) is 0 Å². The number of hydrogen-bond donors (Lipinski definition) is 2. The number of rotatable bonds is 10. The maximum absolute atomic E-state index is 14.7. The second-order valence-electron chi connectivity index (χ2n) is 9.12. The molecule has 0 fully saturated rings. The van der Waals surface area contributed by atoms with E-state index in [0.717, 1.165) is 22.5 Å². The van der Waals surface area contributed by atoms with E-state index in [9.17, 15) is 27.2 Å². The number of hydrazone groups is 1. The third kappa shape index (κ3) is 6.64. The number of H-pyrrole nitrogens is 1. The van der Waals surface area contributed by atoms with Crippen molar-refractivity contribution in [2.45, 2.75) is 11.8 Å². The Morgan fingerprint density at radius 3 is 2.47 bits per heavy atom. The molecule has 2 heterocycles. The van der Waals surface area contributed by atoms with E-state index in [1.807, 2.05) is 0 Å². The van der Waals surface area contributed by atoms with Crippen molar-refractivity contribution in [3.05, 3.63) is 113 Å². The number of carbonyl (C=O) groups is 2. The Bertz CT molecular complexity index is 1650. The first-order valence-electron chi connectivity index (χ1n) is 12.8. The van der Waals surface area contributed by atoms with Crippen LogP contribution in [0.15, 0.2) is 72.2 Å². The summed E-state index contributed by atoms with van der Waals surface area (Å²) < 4.78 is 67.8. The molecule has 43 heavy (non-hydrogen) atoms. The lowest BCUT2D eigenvalue weighted by atomic mass is 10.1. The molecule has 0 spiro atoms. The Hall–Kier alpha value is -4.85. The highest BCUT2D eigenvalue weighted by Gasteiger charge is 2.39. The second-order valence-corrected chi connectivity index (χ2v) is 10.2. The SMILES string of the molecule is COc1c(OCC(=O)NCCc2cnc[nH]2)cccc1C1SC(c2ccc(F)cc2)=NN1C(=O)c1c(F)cc(F)cc1F. The van der Waals surface area contributed by atoms with Crippen molar-refractivity contribution in [1.82, 2.24) is 20.3 Å². The van der Waals surface area contributed by atoms with Crippen LogP contribution in [0.5, 0.6) is 11.5 Å². The number of imidazole rings is 1. The van der Waals surface area contributed by atoms with Crippen LogP contribution in [0.1, 0.15) is 32.6 Å². The Kier molecular flexibility index (Phi) is 8.95. The summed E-state index contributed by atoms with van der Waals surface area (Å²) in [5.41, 5.74) is 0.604. The summed E-state index contributed by atoms with van der Waals surface area (Å²) >= 11 is 1.03. The molecule has 1 aliphatic heterocycles. The van der Waals surface area contributed by atoms with Crippen molar-refractivity contribution in [1.29, 1.82) is 0 Å². The van der Waals surface area contributed by atoms with Crippen LogP contribution in [0.4, 0.5) is 17.6 Å². The molecule has 0 aliphatic carbocycles. The number of methoxy groups -OCH3 is 1.